The Bertz CT molecular complexity index is 339. The van der Waals surface area contributed by atoms with Crippen LogP contribution in [0.25, 0.3) is 0 Å². The van der Waals surface area contributed by atoms with Crippen molar-refractivity contribution in [1.82, 2.24) is 5.32 Å². The van der Waals surface area contributed by atoms with Gasteiger partial charge in [-0.25, -0.2) is 0 Å². The fourth-order valence-electron chi connectivity index (χ4n) is 1.93. The van der Waals surface area contributed by atoms with Gasteiger partial charge in [-0.05, 0) is 31.5 Å². The largest absolute Gasteiger partial charge is 0.497 e. The molecule has 0 heterocycles. The molecule has 0 aliphatic heterocycles. The number of nitrogens with one attached hydrogen (secondary N) is 1. The molecule has 0 aliphatic carbocycles. The van der Waals surface area contributed by atoms with E-state index in [1.165, 1.54) is 0 Å². The normalized spacial score (nSPS) is 16.1. The highest BCUT2D eigenvalue weighted by atomic mass is 16.5. The van der Waals surface area contributed by atoms with E-state index >= 15 is 0 Å². The molecule has 0 bridgehead atoms. The van der Waals surface area contributed by atoms with Gasteiger partial charge >= 0.3 is 0 Å². The van der Waals surface area contributed by atoms with Gasteiger partial charge in [0, 0.05) is 19.2 Å². The fraction of sp³-hybridized carbons (Fsp3) is 0.571. The highest BCUT2D eigenvalue weighted by molar-refractivity contribution is 5.29. The van der Waals surface area contributed by atoms with Crippen molar-refractivity contribution in [3.05, 3.63) is 29.8 Å². The quantitative estimate of drug-likeness (QED) is 0.777. The fourth-order valence-corrected chi connectivity index (χ4v) is 1.93. The van der Waals surface area contributed by atoms with Crippen molar-refractivity contribution < 1.29 is 14.6 Å². The molecular weight excluding hydrogens is 230 g/mol. The molecule has 4 nitrogen and oxygen atoms in total. The van der Waals surface area contributed by atoms with Gasteiger partial charge in [-0.1, -0.05) is 12.1 Å². The average Bonchev–Trinajstić information content (AvgIpc) is 2.38. The van der Waals surface area contributed by atoms with E-state index in [-0.39, 0.29) is 12.1 Å². The minimum Gasteiger partial charge on any atom is -0.497 e. The smallest absolute Gasteiger partial charge is 0.118 e. The summed E-state index contributed by atoms with van der Waals surface area (Å²) in [6, 6.07) is 7.63. The summed E-state index contributed by atoms with van der Waals surface area (Å²) in [6.45, 7) is 4.61. The number of rotatable bonds is 7. The third kappa shape index (κ3) is 4.29. The first-order chi connectivity index (χ1) is 8.58. The first kappa shape index (κ1) is 15.0. The van der Waals surface area contributed by atoms with Crippen molar-refractivity contribution in [3.63, 3.8) is 0 Å². The van der Waals surface area contributed by atoms with E-state index in [1.54, 1.807) is 14.2 Å². The summed E-state index contributed by atoms with van der Waals surface area (Å²) in [5.74, 6) is 0.791. The molecule has 1 aromatic rings. The van der Waals surface area contributed by atoms with Crippen LogP contribution in [0, 0.1) is 0 Å². The Kier molecular flexibility index (Phi) is 6.12. The Hall–Kier alpha value is -1.10. The molecule has 3 unspecified atom stereocenters. The van der Waals surface area contributed by atoms with Crippen LogP contribution in [0.4, 0.5) is 0 Å². The lowest BCUT2D eigenvalue weighted by Crippen LogP contribution is -2.40. The van der Waals surface area contributed by atoms with Crippen LogP contribution in [-0.4, -0.2) is 38.0 Å². The molecular formula is C14H23NO3. The molecule has 18 heavy (non-hydrogen) atoms. The standard InChI is InChI=1S/C14H23NO3/c1-10(9-17-3)15-11(2)14(16)12-5-7-13(18-4)8-6-12/h5-8,10-11,14-16H,9H2,1-4H3. The molecule has 0 aliphatic rings. The van der Waals surface area contributed by atoms with Crippen molar-refractivity contribution in [1.29, 1.82) is 0 Å². The maximum absolute atomic E-state index is 10.2. The van der Waals surface area contributed by atoms with E-state index in [9.17, 15) is 5.11 Å². The zero-order valence-corrected chi connectivity index (χ0v) is 11.5. The summed E-state index contributed by atoms with van der Waals surface area (Å²) in [6.07, 6.45) is -0.546. The summed E-state index contributed by atoms with van der Waals surface area (Å²) in [4.78, 5) is 0. The second-order valence-electron chi connectivity index (χ2n) is 4.53. The van der Waals surface area contributed by atoms with Crippen LogP contribution in [0.2, 0.25) is 0 Å². The second-order valence-corrected chi connectivity index (χ2v) is 4.53. The Morgan fingerprint density at radius 1 is 1.17 bits per heavy atom. The van der Waals surface area contributed by atoms with Gasteiger partial charge in [0.05, 0.1) is 19.8 Å². The van der Waals surface area contributed by atoms with Gasteiger partial charge in [-0.2, -0.15) is 0 Å². The highest BCUT2D eigenvalue weighted by Crippen LogP contribution is 2.20. The van der Waals surface area contributed by atoms with E-state index in [0.717, 1.165) is 11.3 Å². The molecule has 0 amide bonds. The van der Waals surface area contributed by atoms with Crippen LogP contribution in [0.3, 0.4) is 0 Å². The molecule has 0 spiro atoms. The van der Waals surface area contributed by atoms with Crippen molar-refractivity contribution in [3.8, 4) is 5.75 Å². The topological polar surface area (TPSA) is 50.7 Å². The van der Waals surface area contributed by atoms with E-state index in [1.807, 2.05) is 38.1 Å². The average molecular weight is 253 g/mol. The summed E-state index contributed by atoms with van der Waals surface area (Å²) in [7, 11) is 3.30. The zero-order chi connectivity index (χ0) is 13.5. The van der Waals surface area contributed by atoms with Gasteiger partial charge in [0.2, 0.25) is 0 Å². The molecule has 0 aromatic heterocycles. The number of hydrogen-bond donors (Lipinski definition) is 2. The Balaban J connectivity index is 2.58. The molecule has 0 saturated heterocycles. The molecule has 0 radical (unpaired) electrons. The summed E-state index contributed by atoms with van der Waals surface area (Å²) in [5.41, 5.74) is 0.875. The van der Waals surface area contributed by atoms with Crippen LogP contribution < -0.4 is 10.1 Å². The lowest BCUT2D eigenvalue weighted by molar-refractivity contribution is 0.112. The lowest BCUT2D eigenvalue weighted by Gasteiger charge is -2.24. The third-order valence-electron chi connectivity index (χ3n) is 2.90. The first-order valence-electron chi connectivity index (χ1n) is 6.15. The predicted octanol–water partition coefficient (Wildman–Crippen LogP) is 1.74. The van der Waals surface area contributed by atoms with Crippen LogP contribution in [0.1, 0.15) is 25.5 Å². The van der Waals surface area contributed by atoms with Gasteiger partial charge < -0.3 is 19.9 Å². The number of benzene rings is 1. The molecule has 4 heteroatoms. The van der Waals surface area contributed by atoms with Crippen LogP contribution >= 0.6 is 0 Å². The number of methoxy groups -OCH3 is 2. The molecule has 0 fully saturated rings. The van der Waals surface area contributed by atoms with E-state index in [4.69, 9.17) is 9.47 Å². The molecule has 3 atom stereocenters. The molecule has 1 rings (SSSR count). The first-order valence-corrected chi connectivity index (χ1v) is 6.15. The number of ether oxygens (including phenoxy) is 2. The van der Waals surface area contributed by atoms with Crippen molar-refractivity contribution in [2.75, 3.05) is 20.8 Å². The van der Waals surface area contributed by atoms with Gasteiger partial charge in [0.25, 0.3) is 0 Å². The van der Waals surface area contributed by atoms with Crippen molar-refractivity contribution in [2.45, 2.75) is 32.0 Å². The van der Waals surface area contributed by atoms with Gasteiger partial charge in [-0.15, -0.1) is 0 Å². The summed E-state index contributed by atoms with van der Waals surface area (Å²) < 4.78 is 10.2. The van der Waals surface area contributed by atoms with Crippen molar-refractivity contribution in [2.24, 2.45) is 0 Å². The molecule has 0 saturated carbocycles. The number of hydrogen-bond acceptors (Lipinski definition) is 4. The minimum atomic E-state index is -0.546. The van der Waals surface area contributed by atoms with Crippen LogP contribution in [0.15, 0.2) is 24.3 Å². The Morgan fingerprint density at radius 2 is 1.78 bits per heavy atom. The maximum Gasteiger partial charge on any atom is 0.118 e. The summed E-state index contributed by atoms with van der Waals surface area (Å²) in [5, 5.41) is 13.5. The summed E-state index contributed by atoms with van der Waals surface area (Å²) >= 11 is 0. The van der Waals surface area contributed by atoms with Gasteiger partial charge in [0.1, 0.15) is 5.75 Å². The highest BCUT2D eigenvalue weighted by Gasteiger charge is 2.17. The second kappa shape index (κ2) is 7.36. The number of aliphatic hydroxyl groups is 1. The van der Waals surface area contributed by atoms with Gasteiger partial charge in [0.15, 0.2) is 0 Å². The molecule has 2 N–H and O–H groups in total. The minimum absolute atomic E-state index is 0.0384. The number of aliphatic hydroxyl groups excluding tert-OH is 1. The van der Waals surface area contributed by atoms with Crippen molar-refractivity contribution >= 4 is 0 Å². The van der Waals surface area contributed by atoms with Crippen LogP contribution in [-0.2, 0) is 4.74 Å². The monoisotopic (exact) mass is 253 g/mol. The van der Waals surface area contributed by atoms with Gasteiger partial charge in [-0.3, -0.25) is 0 Å². The van der Waals surface area contributed by atoms with E-state index in [2.05, 4.69) is 5.32 Å². The van der Waals surface area contributed by atoms with E-state index in [0.29, 0.717) is 6.61 Å². The molecule has 1 aromatic carbocycles. The Labute approximate surface area is 109 Å². The zero-order valence-electron chi connectivity index (χ0n) is 11.5. The molecule has 102 valence electrons. The Morgan fingerprint density at radius 3 is 2.28 bits per heavy atom. The van der Waals surface area contributed by atoms with Crippen LogP contribution in [0.5, 0.6) is 5.75 Å². The predicted molar refractivity (Wildman–Crippen MR) is 71.9 cm³/mol. The lowest BCUT2D eigenvalue weighted by atomic mass is 10.0. The SMILES string of the molecule is COCC(C)NC(C)C(O)c1ccc(OC)cc1. The van der Waals surface area contributed by atoms with E-state index < -0.39 is 6.10 Å². The maximum atomic E-state index is 10.2. The third-order valence-corrected chi connectivity index (χ3v) is 2.90.